The van der Waals surface area contributed by atoms with Crippen molar-refractivity contribution in [2.24, 2.45) is 11.8 Å². The predicted molar refractivity (Wildman–Crippen MR) is 115 cm³/mol. The van der Waals surface area contributed by atoms with Gasteiger partial charge in [-0.25, -0.2) is 4.79 Å². The summed E-state index contributed by atoms with van der Waals surface area (Å²) in [6.45, 7) is 2.11. The number of hydrogen-bond donors (Lipinski definition) is 1. The number of hydrogen-bond acceptors (Lipinski definition) is 6. The highest BCUT2D eigenvalue weighted by Crippen LogP contribution is 2.51. The van der Waals surface area contributed by atoms with Gasteiger partial charge in [0.2, 0.25) is 0 Å². The first-order valence-corrected chi connectivity index (χ1v) is 12.3. The molecule has 5 aliphatic carbocycles. The van der Waals surface area contributed by atoms with E-state index in [2.05, 4.69) is 12.1 Å². The number of aromatic nitrogens is 2. The molecule has 162 valence electrons. The Hall–Kier alpha value is -2.28. The SMILES string of the molecule is Cc1sc(CC(=O)C2=C(C(=O)O)C3CCC2CC3)c(-c2nc(C3CC3)no2)c1C1CC1. The number of aliphatic carboxylic acids is 1. The van der Waals surface area contributed by atoms with E-state index in [4.69, 9.17) is 9.51 Å². The monoisotopic (exact) mass is 438 g/mol. The summed E-state index contributed by atoms with van der Waals surface area (Å²) in [6.07, 6.45) is 8.40. The molecule has 2 bridgehead atoms. The molecular weight excluding hydrogens is 412 g/mol. The van der Waals surface area contributed by atoms with E-state index in [1.54, 1.807) is 11.3 Å². The average molecular weight is 439 g/mol. The van der Waals surface area contributed by atoms with E-state index in [-0.39, 0.29) is 24.0 Å². The van der Waals surface area contributed by atoms with Gasteiger partial charge in [0.15, 0.2) is 11.6 Å². The van der Waals surface area contributed by atoms with Crippen LogP contribution in [0.3, 0.4) is 0 Å². The van der Waals surface area contributed by atoms with Crippen molar-refractivity contribution in [1.82, 2.24) is 10.1 Å². The molecule has 5 aliphatic rings. The van der Waals surface area contributed by atoms with E-state index in [1.165, 1.54) is 10.4 Å². The summed E-state index contributed by atoms with van der Waals surface area (Å²) < 4.78 is 5.69. The summed E-state index contributed by atoms with van der Waals surface area (Å²) in [4.78, 5) is 32.4. The summed E-state index contributed by atoms with van der Waals surface area (Å²) in [6, 6.07) is 0. The van der Waals surface area contributed by atoms with Gasteiger partial charge in [-0.2, -0.15) is 4.98 Å². The largest absolute Gasteiger partial charge is 0.478 e. The third-order valence-electron chi connectivity index (χ3n) is 7.47. The van der Waals surface area contributed by atoms with E-state index in [0.717, 1.165) is 67.6 Å². The molecule has 0 aliphatic heterocycles. The van der Waals surface area contributed by atoms with Gasteiger partial charge in [0.05, 0.1) is 5.56 Å². The van der Waals surface area contributed by atoms with E-state index < -0.39 is 5.97 Å². The second-order valence-corrected chi connectivity index (χ2v) is 11.0. The first kappa shape index (κ1) is 19.4. The van der Waals surface area contributed by atoms with E-state index >= 15 is 0 Å². The van der Waals surface area contributed by atoms with Gasteiger partial charge in [0, 0.05) is 33.2 Å². The van der Waals surface area contributed by atoms with Crippen molar-refractivity contribution in [1.29, 1.82) is 0 Å². The van der Waals surface area contributed by atoms with Crippen molar-refractivity contribution < 1.29 is 19.2 Å². The summed E-state index contributed by atoms with van der Waals surface area (Å²) in [7, 11) is 0. The minimum absolute atomic E-state index is 0.0291. The number of carbonyl (C=O) groups is 2. The zero-order valence-corrected chi connectivity index (χ0v) is 18.5. The molecule has 0 unspecified atom stereocenters. The lowest BCUT2D eigenvalue weighted by atomic mass is 9.65. The molecule has 0 amide bonds. The van der Waals surface area contributed by atoms with E-state index in [0.29, 0.717) is 28.9 Å². The van der Waals surface area contributed by atoms with E-state index in [9.17, 15) is 14.7 Å². The van der Waals surface area contributed by atoms with Gasteiger partial charge in [0.25, 0.3) is 5.89 Å². The molecule has 0 radical (unpaired) electrons. The Balaban J connectivity index is 1.39. The van der Waals surface area contributed by atoms with Crippen molar-refractivity contribution in [3.05, 3.63) is 32.3 Å². The molecule has 1 N–H and O–H groups in total. The third-order valence-corrected chi connectivity index (χ3v) is 8.59. The fourth-order valence-corrected chi connectivity index (χ4v) is 6.95. The maximum Gasteiger partial charge on any atom is 0.332 e. The normalized spacial score (nSPS) is 25.3. The topological polar surface area (TPSA) is 93.3 Å². The van der Waals surface area contributed by atoms with Gasteiger partial charge < -0.3 is 9.63 Å². The second-order valence-electron chi connectivity index (χ2n) is 9.66. The van der Waals surface area contributed by atoms with Crippen LogP contribution in [0.1, 0.15) is 84.3 Å². The van der Waals surface area contributed by atoms with Gasteiger partial charge in [-0.15, -0.1) is 11.3 Å². The number of Topliss-reactive ketones (excluding diaryl/α,β-unsaturated/α-hetero) is 1. The van der Waals surface area contributed by atoms with Gasteiger partial charge in [-0.3, -0.25) is 4.79 Å². The highest BCUT2D eigenvalue weighted by Gasteiger charge is 2.42. The van der Waals surface area contributed by atoms with Gasteiger partial charge in [-0.1, -0.05) is 5.16 Å². The molecular formula is C24H26N2O4S. The fourth-order valence-electron chi connectivity index (χ4n) is 5.70. The predicted octanol–water partition coefficient (Wildman–Crippen LogP) is 5.17. The van der Waals surface area contributed by atoms with Crippen LogP contribution in [-0.2, 0) is 16.0 Å². The maximum absolute atomic E-state index is 13.5. The number of thiophene rings is 1. The quantitative estimate of drug-likeness (QED) is 0.641. The molecule has 0 saturated heterocycles. The first-order chi connectivity index (χ1) is 15.0. The van der Waals surface area contributed by atoms with Crippen molar-refractivity contribution >= 4 is 23.1 Å². The Labute approximate surface area is 184 Å². The van der Waals surface area contributed by atoms with E-state index in [1.807, 2.05) is 0 Å². The van der Waals surface area contributed by atoms with Crippen molar-refractivity contribution in [3.63, 3.8) is 0 Å². The molecule has 2 aromatic heterocycles. The number of carboxylic acids is 1. The lowest BCUT2D eigenvalue weighted by molar-refractivity contribution is -0.134. The molecule has 3 saturated carbocycles. The van der Waals surface area contributed by atoms with Crippen LogP contribution in [0, 0.1) is 18.8 Å². The van der Waals surface area contributed by atoms with Crippen LogP contribution in [0.15, 0.2) is 15.7 Å². The molecule has 31 heavy (non-hydrogen) atoms. The summed E-state index contributed by atoms with van der Waals surface area (Å²) in [5.74, 6) is 1.42. The highest BCUT2D eigenvalue weighted by atomic mass is 32.1. The third kappa shape index (κ3) is 3.28. The van der Waals surface area contributed by atoms with Crippen molar-refractivity contribution in [3.8, 4) is 11.5 Å². The smallest absolute Gasteiger partial charge is 0.332 e. The van der Waals surface area contributed by atoms with Gasteiger partial charge >= 0.3 is 5.97 Å². The molecule has 2 heterocycles. The van der Waals surface area contributed by atoms with Crippen molar-refractivity contribution in [2.75, 3.05) is 0 Å². The van der Waals surface area contributed by atoms with Crippen LogP contribution >= 0.6 is 11.3 Å². The first-order valence-electron chi connectivity index (χ1n) is 11.5. The van der Waals surface area contributed by atoms with Crippen LogP contribution in [0.25, 0.3) is 11.5 Å². The highest BCUT2D eigenvalue weighted by molar-refractivity contribution is 7.12. The molecule has 7 rings (SSSR count). The molecule has 7 heteroatoms. The minimum Gasteiger partial charge on any atom is -0.478 e. The second kappa shape index (κ2) is 7.12. The zero-order chi connectivity index (χ0) is 21.3. The number of rotatable bonds is 7. The molecule has 0 aromatic carbocycles. The van der Waals surface area contributed by atoms with Crippen LogP contribution in [0.5, 0.6) is 0 Å². The Bertz CT molecular complexity index is 1110. The minimum atomic E-state index is -0.912. The standard InChI is InChI=1S/C24H26N2O4S/c1-11-18(12-2-3-12)21(23-25-22(26-30-23)15-8-9-15)17(31-11)10-16(27)19-13-4-6-14(7-5-13)20(19)24(28)29/h12-15H,2-10H2,1H3,(H,28,29). The number of nitrogens with zero attached hydrogens (tertiary/aromatic N) is 2. The number of carbonyl (C=O) groups excluding carboxylic acids is 1. The van der Waals surface area contributed by atoms with Gasteiger partial charge in [0.1, 0.15) is 0 Å². The zero-order valence-electron chi connectivity index (χ0n) is 17.6. The lowest BCUT2D eigenvalue weighted by Gasteiger charge is -2.38. The summed E-state index contributed by atoms with van der Waals surface area (Å²) >= 11 is 1.64. The number of carboxylic acid groups (broad SMARTS) is 1. The van der Waals surface area contributed by atoms with Crippen LogP contribution in [-0.4, -0.2) is 27.0 Å². The Kier molecular flexibility index (Phi) is 4.46. The molecule has 6 nitrogen and oxygen atoms in total. The molecule has 2 aromatic rings. The molecule has 3 fully saturated rings. The number of aryl methyl sites for hydroxylation is 1. The van der Waals surface area contributed by atoms with Crippen LogP contribution in [0.2, 0.25) is 0 Å². The van der Waals surface area contributed by atoms with Crippen molar-refractivity contribution in [2.45, 2.75) is 76.5 Å². The van der Waals surface area contributed by atoms with Gasteiger partial charge in [-0.05, 0) is 81.6 Å². The fraction of sp³-hybridized carbons (Fsp3) is 0.583. The molecule has 0 spiro atoms. The summed E-state index contributed by atoms with van der Waals surface area (Å²) in [5.41, 5.74) is 3.19. The van der Waals surface area contributed by atoms with Crippen LogP contribution < -0.4 is 0 Å². The Morgan fingerprint density at radius 2 is 1.58 bits per heavy atom. The Morgan fingerprint density at radius 1 is 0.968 bits per heavy atom. The number of fused-ring (bicyclic) bond motifs is 2. The number of ketones is 1. The Morgan fingerprint density at radius 3 is 2.19 bits per heavy atom. The lowest BCUT2D eigenvalue weighted by Crippen LogP contribution is -2.34. The molecule has 0 atom stereocenters. The van der Waals surface area contributed by atoms with Crippen LogP contribution in [0.4, 0.5) is 0 Å². The maximum atomic E-state index is 13.5. The summed E-state index contributed by atoms with van der Waals surface area (Å²) in [5, 5.41) is 14.0. The average Bonchev–Trinajstić information content (AvgIpc) is 3.70. The number of allylic oxidation sites excluding steroid dienone is 1.